The highest BCUT2D eigenvalue weighted by atomic mass is 16.5. The van der Waals surface area contributed by atoms with Gasteiger partial charge in [-0.3, -0.25) is 4.79 Å². The van der Waals surface area contributed by atoms with E-state index in [1.54, 1.807) is 13.0 Å². The minimum Gasteiger partial charge on any atom is -0.479 e. The molecule has 1 aliphatic heterocycles. The number of benzene rings is 1. The van der Waals surface area contributed by atoms with E-state index in [4.69, 9.17) is 4.74 Å². The standard InChI is InChI=1S/C15H20N2O2/c1-3-9-17-15(18)11(2)19-13-8-4-6-12-7-5-10-16-14(12)13/h3-4,6,8,11,16H,1,5,7,9-10H2,2H3,(H,17,18). The summed E-state index contributed by atoms with van der Waals surface area (Å²) in [6, 6.07) is 5.96. The number of para-hydroxylation sites is 1. The number of aryl methyl sites for hydroxylation is 1. The van der Waals surface area contributed by atoms with Crippen molar-refractivity contribution >= 4 is 11.6 Å². The first kappa shape index (κ1) is 13.5. The lowest BCUT2D eigenvalue weighted by molar-refractivity contribution is -0.127. The summed E-state index contributed by atoms with van der Waals surface area (Å²) >= 11 is 0. The third-order valence-electron chi connectivity index (χ3n) is 3.13. The Morgan fingerprint density at radius 1 is 1.63 bits per heavy atom. The van der Waals surface area contributed by atoms with Crippen LogP contribution in [0.1, 0.15) is 18.9 Å². The Morgan fingerprint density at radius 2 is 2.47 bits per heavy atom. The first-order chi connectivity index (χ1) is 9.22. The summed E-state index contributed by atoms with van der Waals surface area (Å²) in [5.41, 5.74) is 2.28. The van der Waals surface area contributed by atoms with E-state index in [2.05, 4.69) is 23.3 Å². The molecule has 0 fully saturated rings. The molecule has 0 saturated carbocycles. The number of carbonyl (C=O) groups excluding carboxylic acids is 1. The van der Waals surface area contributed by atoms with Crippen molar-refractivity contribution in [3.8, 4) is 5.75 Å². The lowest BCUT2D eigenvalue weighted by Crippen LogP contribution is -2.36. The molecule has 2 rings (SSSR count). The van der Waals surface area contributed by atoms with Crippen LogP contribution in [-0.2, 0) is 11.2 Å². The van der Waals surface area contributed by atoms with Gasteiger partial charge in [0.15, 0.2) is 6.10 Å². The zero-order valence-electron chi connectivity index (χ0n) is 11.2. The second-order valence-electron chi connectivity index (χ2n) is 4.61. The van der Waals surface area contributed by atoms with Gasteiger partial charge in [-0.2, -0.15) is 0 Å². The molecule has 19 heavy (non-hydrogen) atoms. The number of rotatable bonds is 5. The van der Waals surface area contributed by atoms with Crippen LogP contribution in [0.25, 0.3) is 0 Å². The molecule has 1 amide bonds. The fourth-order valence-electron chi connectivity index (χ4n) is 2.14. The van der Waals surface area contributed by atoms with Crippen molar-refractivity contribution in [2.75, 3.05) is 18.4 Å². The average molecular weight is 260 g/mol. The summed E-state index contributed by atoms with van der Waals surface area (Å²) in [5.74, 6) is 0.617. The van der Waals surface area contributed by atoms with Crippen molar-refractivity contribution in [1.82, 2.24) is 5.32 Å². The van der Waals surface area contributed by atoms with Crippen molar-refractivity contribution in [1.29, 1.82) is 0 Å². The van der Waals surface area contributed by atoms with Crippen molar-refractivity contribution in [2.45, 2.75) is 25.9 Å². The number of hydrogen-bond acceptors (Lipinski definition) is 3. The highest BCUT2D eigenvalue weighted by Crippen LogP contribution is 2.32. The number of ether oxygens (including phenoxy) is 1. The fraction of sp³-hybridized carbons (Fsp3) is 0.400. The number of anilines is 1. The number of carbonyl (C=O) groups is 1. The molecular weight excluding hydrogens is 240 g/mol. The van der Waals surface area contributed by atoms with Gasteiger partial charge in [0.25, 0.3) is 5.91 Å². The largest absolute Gasteiger partial charge is 0.479 e. The molecule has 1 aromatic carbocycles. The molecule has 1 atom stereocenters. The molecule has 0 radical (unpaired) electrons. The molecule has 4 heteroatoms. The summed E-state index contributed by atoms with van der Waals surface area (Å²) in [7, 11) is 0. The molecule has 4 nitrogen and oxygen atoms in total. The van der Waals surface area contributed by atoms with Gasteiger partial charge < -0.3 is 15.4 Å². The van der Waals surface area contributed by atoms with Crippen LogP contribution in [0, 0.1) is 0 Å². The van der Waals surface area contributed by atoms with E-state index >= 15 is 0 Å². The summed E-state index contributed by atoms with van der Waals surface area (Å²) in [6.07, 6.45) is 3.31. The topological polar surface area (TPSA) is 50.4 Å². The van der Waals surface area contributed by atoms with Gasteiger partial charge in [-0.05, 0) is 31.4 Å². The fourth-order valence-corrected chi connectivity index (χ4v) is 2.14. The van der Waals surface area contributed by atoms with Crippen LogP contribution in [-0.4, -0.2) is 25.1 Å². The molecule has 102 valence electrons. The zero-order valence-corrected chi connectivity index (χ0v) is 11.2. The molecule has 0 aliphatic carbocycles. The second kappa shape index (κ2) is 6.27. The Kier molecular flexibility index (Phi) is 4.44. The Bertz CT molecular complexity index is 471. The highest BCUT2D eigenvalue weighted by Gasteiger charge is 2.18. The number of amides is 1. The average Bonchev–Trinajstić information content (AvgIpc) is 2.45. The van der Waals surface area contributed by atoms with Gasteiger partial charge in [-0.15, -0.1) is 6.58 Å². The maximum Gasteiger partial charge on any atom is 0.261 e. The summed E-state index contributed by atoms with van der Waals surface area (Å²) < 4.78 is 5.76. The van der Waals surface area contributed by atoms with Crippen LogP contribution in [0.2, 0.25) is 0 Å². The first-order valence-electron chi connectivity index (χ1n) is 6.63. The van der Waals surface area contributed by atoms with Gasteiger partial charge in [-0.25, -0.2) is 0 Å². The van der Waals surface area contributed by atoms with Crippen molar-refractivity contribution in [3.05, 3.63) is 36.4 Å². The number of hydrogen-bond donors (Lipinski definition) is 2. The van der Waals surface area contributed by atoms with E-state index in [9.17, 15) is 4.79 Å². The van der Waals surface area contributed by atoms with E-state index in [0.717, 1.165) is 30.8 Å². The maximum atomic E-state index is 11.8. The molecule has 1 heterocycles. The number of nitrogens with one attached hydrogen (secondary N) is 2. The van der Waals surface area contributed by atoms with Gasteiger partial charge >= 0.3 is 0 Å². The predicted octanol–water partition coefficient (Wildman–Crippen LogP) is 2.11. The molecule has 2 N–H and O–H groups in total. The van der Waals surface area contributed by atoms with Crippen LogP contribution < -0.4 is 15.4 Å². The summed E-state index contributed by atoms with van der Waals surface area (Å²) in [6.45, 7) is 6.72. The zero-order chi connectivity index (χ0) is 13.7. The SMILES string of the molecule is C=CCNC(=O)C(C)Oc1cccc2c1NCCC2. The van der Waals surface area contributed by atoms with Crippen molar-refractivity contribution in [3.63, 3.8) is 0 Å². The van der Waals surface area contributed by atoms with E-state index in [1.165, 1.54) is 5.56 Å². The van der Waals surface area contributed by atoms with Gasteiger partial charge in [0, 0.05) is 13.1 Å². The Labute approximate surface area is 113 Å². The van der Waals surface area contributed by atoms with E-state index < -0.39 is 6.10 Å². The molecule has 1 unspecified atom stereocenters. The third kappa shape index (κ3) is 3.28. The van der Waals surface area contributed by atoms with Gasteiger partial charge in [-0.1, -0.05) is 18.2 Å². The van der Waals surface area contributed by atoms with Gasteiger partial charge in [0.05, 0.1) is 5.69 Å². The summed E-state index contributed by atoms with van der Waals surface area (Å²) in [5, 5.41) is 6.08. The molecule has 0 bridgehead atoms. The lowest BCUT2D eigenvalue weighted by atomic mass is 10.0. The summed E-state index contributed by atoms with van der Waals surface area (Å²) in [4.78, 5) is 11.8. The Morgan fingerprint density at radius 3 is 3.26 bits per heavy atom. The normalized spacial score (nSPS) is 14.8. The lowest BCUT2D eigenvalue weighted by Gasteiger charge is -2.23. The predicted molar refractivity (Wildman–Crippen MR) is 76.5 cm³/mol. The van der Waals surface area contributed by atoms with E-state index in [-0.39, 0.29) is 5.91 Å². The van der Waals surface area contributed by atoms with Crippen molar-refractivity contribution in [2.24, 2.45) is 0 Å². The van der Waals surface area contributed by atoms with Crippen LogP contribution in [0.15, 0.2) is 30.9 Å². The maximum absolute atomic E-state index is 11.8. The van der Waals surface area contributed by atoms with Gasteiger partial charge in [0.2, 0.25) is 0 Å². The Hall–Kier alpha value is -1.97. The smallest absolute Gasteiger partial charge is 0.261 e. The second-order valence-corrected chi connectivity index (χ2v) is 4.61. The molecule has 0 aromatic heterocycles. The van der Waals surface area contributed by atoms with Crippen LogP contribution in [0.5, 0.6) is 5.75 Å². The van der Waals surface area contributed by atoms with Crippen molar-refractivity contribution < 1.29 is 9.53 Å². The molecule has 0 spiro atoms. The first-order valence-corrected chi connectivity index (χ1v) is 6.63. The van der Waals surface area contributed by atoms with Crippen LogP contribution >= 0.6 is 0 Å². The monoisotopic (exact) mass is 260 g/mol. The van der Waals surface area contributed by atoms with Gasteiger partial charge in [0.1, 0.15) is 5.75 Å². The van der Waals surface area contributed by atoms with Crippen LogP contribution in [0.4, 0.5) is 5.69 Å². The van der Waals surface area contributed by atoms with E-state index in [0.29, 0.717) is 6.54 Å². The van der Waals surface area contributed by atoms with Crippen LogP contribution in [0.3, 0.4) is 0 Å². The minimum atomic E-state index is -0.518. The minimum absolute atomic E-state index is 0.131. The quantitative estimate of drug-likeness (QED) is 0.797. The molecule has 1 aliphatic rings. The number of fused-ring (bicyclic) bond motifs is 1. The Balaban J connectivity index is 2.06. The third-order valence-corrected chi connectivity index (χ3v) is 3.13. The van der Waals surface area contributed by atoms with E-state index in [1.807, 2.05) is 12.1 Å². The molecular formula is C15H20N2O2. The highest BCUT2D eigenvalue weighted by molar-refractivity contribution is 5.81. The molecule has 1 aromatic rings. The molecule has 0 saturated heterocycles.